The van der Waals surface area contributed by atoms with Gasteiger partial charge in [-0.25, -0.2) is 9.59 Å². The minimum atomic E-state index is -2.28. The summed E-state index contributed by atoms with van der Waals surface area (Å²) >= 11 is 0. The molecule has 0 aromatic heterocycles. The summed E-state index contributed by atoms with van der Waals surface area (Å²) in [6.07, 6.45) is 0. The Kier molecular flexibility index (Phi) is 4.87. The molecule has 0 fully saturated rings. The fourth-order valence-corrected chi connectivity index (χ4v) is 1.70. The highest BCUT2D eigenvalue weighted by Crippen LogP contribution is 2.27. The number of non-ortho nitro benzene ring substituents is 1. The van der Waals surface area contributed by atoms with Crippen LogP contribution in [0.15, 0.2) is 24.3 Å². The van der Waals surface area contributed by atoms with Gasteiger partial charge in [-0.05, 0) is 20.8 Å². The molecule has 8 heteroatoms. The average Bonchev–Trinajstić information content (AvgIpc) is 2.43. The number of nitrogens with two attached hydrogens (primary N) is 1. The molecule has 1 unspecified atom stereocenters. The van der Waals surface area contributed by atoms with E-state index in [0.717, 1.165) is 13.2 Å². The monoisotopic (exact) mass is 310 g/mol. The lowest BCUT2D eigenvalue weighted by Gasteiger charge is -2.29. The second-order valence-electron chi connectivity index (χ2n) is 5.61. The number of carbonyl (C=O) groups excluding carboxylic acids is 2. The number of methoxy groups -OCH3 is 1. The predicted octanol–water partition coefficient (Wildman–Crippen LogP) is 1.26. The van der Waals surface area contributed by atoms with Gasteiger partial charge in [-0.2, -0.15) is 0 Å². The third-order valence-electron chi connectivity index (χ3n) is 2.74. The molecule has 120 valence electrons. The Morgan fingerprint density at radius 2 is 1.82 bits per heavy atom. The lowest BCUT2D eigenvalue weighted by atomic mass is 9.90. The molecular weight excluding hydrogens is 292 g/mol. The number of nitro benzene ring substituents is 1. The molecule has 8 nitrogen and oxygen atoms in total. The summed E-state index contributed by atoms with van der Waals surface area (Å²) < 4.78 is 9.72. The molecule has 1 atom stereocenters. The van der Waals surface area contributed by atoms with E-state index in [9.17, 15) is 19.7 Å². The van der Waals surface area contributed by atoms with Gasteiger partial charge in [0.2, 0.25) is 5.54 Å². The summed E-state index contributed by atoms with van der Waals surface area (Å²) in [6.45, 7) is 4.82. The van der Waals surface area contributed by atoms with Gasteiger partial charge in [0.05, 0.1) is 12.0 Å². The Balaban J connectivity index is 3.40. The number of hydrogen-bond donors (Lipinski definition) is 1. The second kappa shape index (κ2) is 6.10. The summed E-state index contributed by atoms with van der Waals surface area (Å²) in [5, 5.41) is 10.9. The number of rotatable bonds is 4. The Bertz CT molecular complexity index is 608. The van der Waals surface area contributed by atoms with Crippen LogP contribution in [0, 0.1) is 10.1 Å². The molecule has 0 aliphatic rings. The lowest BCUT2D eigenvalue weighted by Crippen LogP contribution is -2.54. The molecule has 0 spiro atoms. The maximum absolute atomic E-state index is 12.3. The first kappa shape index (κ1) is 17.6. The van der Waals surface area contributed by atoms with E-state index in [0.29, 0.717) is 0 Å². The fourth-order valence-electron chi connectivity index (χ4n) is 1.70. The number of hydrogen-bond acceptors (Lipinski definition) is 7. The Labute approximate surface area is 127 Å². The van der Waals surface area contributed by atoms with Gasteiger partial charge in [-0.3, -0.25) is 10.1 Å². The molecule has 0 saturated carbocycles. The van der Waals surface area contributed by atoms with Crippen LogP contribution in [0.1, 0.15) is 26.3 Å². The number of carbonyl (C=O) groups is 2. The number of benzene rings is 1. The zero-order valence-electron chi connectivity index (χ0n) is 12.8. The van der Waals surface area contributed by atoms with Crippen molar-refractivity contribution < 1.29 is 24.0 Å². The van der Waals surface area contributed by atoms with E-state index in [1.54, 1.807) is 20.8 Å². The van der Waals surface area contributed by atoms with Crippen LogP contribution in [-0.2, 0) is 24.6 Å². The van der Waals surface area contributed by atoms with Crippen molar-refractivity contribution in [2.45, 2.75) is 31.9 Å². The van der Waals surface area contributed by atoms with Crippen LogP contribution < -0.4 is 5.73 Å². The molecule has 0 aliphatic heterocycles. The minimum Gasteiger partial charge on any atom is -0.467 e. The standard InChI is InChI=1S/C14H18N2O6/c1-13(2,3)22-12(18)14(15,11(17)21-4)9-6-5-7-10(8-9)16(19)20/h5-8H,15H2,1-4H3. The Morgan fingerprint density at radius 3 is 2.27 bits per heavy atom. The zero-order valence-corrected chi connectivity index (χ0v) is 12.8. The van der Waals surface area contributed by atoms with Crippen molar-refractivity contribution in [2.24, 2.45) is 5.73 Å². The Morgan fingerprint density at radius 1 is 1.23 bits per heavy atom. The van der Waals surface area contributed by atoms with Crippen molar-refractivity contribution >= 4 is 17.6 Å². The number of esters is 2. The van der Waals surface area contributed by atoms with E-state index in [4.69, 9.17) is 10.5 Å². The Hall–Kier alpha value is -2.48. The number of nitro groups is 1. The largest absolute Gasteiger partial charge is 0.467 e. The van der Waals surface area contributed by atoms with Gasteiger partial charge < -0.3 is 15.2 Å². The van der Waals surface area contributed by atoms with Gasteiger partial charge in [0.15, 0.2) is 0 Å². The molecule has 0 amide bonds. The van der Waals surface area contributed by atoms with Gasteiger partial charge in [-0.1, -0.05) is 12.1 Å². The first-order valence-corrected chi connectivity index (χ1v) is 6.38. The van der Waals surface area contributed by atoms with E-state index >= 15 is 0 Å². The van der Waals surface area contributed by atoms with Crippen LogP contribution >= 0.6 is 0 Å². The maximum Gasteiger partial charge on any atom is 0.343 e. The average molecular weight is 310 g/mol. The molecule has 1 aromatic carbocycles. The minimum absolute atomic E-state index is 0.0807. The zero-order chi connectivity index (χ0) is 17.1. The highest BCUT2D eigenvalue weighted by molar-refractivity contribution is 6.05. The van der Waals surface area contributed by atoms with Crippen molar-refractivity contribution in [1.82, 2.24) is 0 Å². The third kappa shape index (κ3) is 3.59. The van der Waals surface area contributed by atoms with Gasteiger partial charge >= 0.3 is 11.9 Å². The quantitative estimate of drug-likeness (QED) is 0.384. The van der Waals surface area contributed by atoms with Crippen LogP contribution in [-0.4, -0.2) is 29.6 Å². The fraction of sp³-hybridized carbons (Fsp3) is 0.429. The highest BCUT2D eigenvalue weighted by atomic mass is 16.6. The summed E-state index contributed by atoms with van der Waals surface area (Å²) in [7, 11) is 1.06. The number of nitrogens with zero attached hydrogens (tertiary/aromatic N) is 1. The van der Waals surface area contributed by atoms with Gasteiger partial charge in [0.1, 0.15) is 5.60 Å². The van der Waals surface area contributed by atoms with Gasteiger partial charge in [0, 0.05) is 17.7 Å². The highest BCUT2D eigenvalue weighted by Gasteiger charge is 2.48. The van der Waals surface area contributed by atoms with E-state index < -0.39 is 28.0 Å². The topological polar surface area (TPSA) is 122 Å². The summed E-state index contributed by atoms with van der Waals surface area (Å²) in [4.78, 5) is 34.6. The lowest BCUT2D eigenvalue weighted by molar-refractivity contribution is -0.384. The van der Waals surface area contributed by atoms with Gasteiger partial charge in [-0.15, -0.1) is 0 Å². The normalized spacial score (nSPS) is 13.9. The molecule has 1 rings (SSSR count). The SMILES string of the molecule is COC(=O)C(N)(C(=O)OC(C)(C)C)c1cccc([N+](=O)[O-])c1. The van der Waals surface area contributed by atoms with Crippen LogP contribution in [0.3, 0.4) is 0 Å². The molecule has 0 radical (unpaired) electrons. The van der Waals surface area contributed by atoms with E-state index in [1.165, 1.54) is 18.2 Å². The van der Waals surface area contributed by atoms with Crippen molar-refractivity contribution in [3.63, 3.8) is 0 Å². The van der Waals surface area contributed by atoms with Crippen molar-refractivity contribution in [1.29, 1.82) is 0 Å². The van der Waals surface area contributed by atoms with Crippen LogP contribution in [0.2, 0.25) is 0 Å². The van der Waals surface area contributed by atoms with Crippen molar-refractivity contribution in [3.8, 4) is 0 Å². The van der Waals surface area contributed by atoms with Gasteiger partial charge in [0.25, 0.3) is 5.69 Å². The van der Waals surface area contributed by atoms with E-state index in [-0.39, 0.29) is 11.3 Å². The predicted molar refractivity (Wildman–Crippen MR) is 76.8 cm³/mol. The third-order valence-corrected chi connectivity index (χ3v) is 2.74. The first-order valence-electron chi connectivity index (χ1n) is 6.38. The molecule has 0 bridgehead atoms. The van der Waals surface area contributed by atoms with Crippen LogP contribution in [0.4, 0.5) is 5.69 Å². The molecular formula is C14H18N2O6. The number of ether oxygens (including phenoxy) is 2. The summed E-state index contributed by atoms with van der Waals surface area (Å²) in [5.41, 5.74) is 2.36. The second-order valence-corrected chi connectivity index (χ2v) is 5.61. The van der Waals surface area contributed by atoms with Crippen molar-refractivity contribution in [3.05, 3.63) is 39.9 Å². The molecule has 22 heavy (non-hydrogen) atoms. The molecule has 0 heterocycles. The van der Waals surface area contributed by atoms with Crippen molar-refractivity contribution in [2.75, 3.05) is 7.11 Å². The first-order chi connectivity index (χ1) is 10.0. The smallest absolute Gasteiger partial charge is 0.343 e. The summed E-state index contributed by atoms with van der Waals surface area (Å²) in [6, 6.07) is 4.91. The molecule has 0 saturated heterocycles. The van der Waals surface area contributed by atoms with E-state index in [2.05, 4.69) is 4.74 Å². The summed E-state index contributed by atoms with van der Waals surface area (Å²) in [5.74, 6) is -2.12. The molecule has 0 aliphatic carbocycles. The van der Waals surface area contributed by atoms with Crippen LogP contribution in [0.25, 0.3) is 0 Å². The molecule has 1 aromatic rings. The van der Waals surface area contributed by atoms with Crippen LogP contribution in [0.5, 0.6) is 0 Å². The molecule has 2 N–H and O–H groups in total. The van der Waals surface area contributed by atoms with E-state index in [1.807, 2.05) is 0 Å². The maximum atomic E-state index is 12.3.